The normalized spacial score (nSPS) is 27.3. The second kappa shape index (κ2) is 5.08. The van der Waals surface area contributed by atoms with Crippen molar-refractivity contribution in [2.45, 2.75) is 25.4 Å². The molecule has 2 aromatic heterocycles. The molecule has 0 spiro atoms. The number of methoxy groups -OCH3 is 1. The van der Waals surface area contributed by atoms with Crippen molar-refractivity contribution in [3.63, 3.8) is 0 Å². The van der Waals surface area contributed by atoms with Gasteiger partial charge < -0.3 is 19.0 Å². The zero-order chi connectivity index (χ0) is 15.4. The van der Waals surface area contributed by atoms with E-state index >= 15 is 0 Å². The van der Waals surface area contributed by atoms with Crippen LogP contribution in [0, 0.1) is 5.92 Å². The minimum Gasteiger partial charge on any atom is -0.438 e. The minimum absolute atomic E-state index is 0.412. The van der Waals surface area contributed by atoms with Crippen molar-refractivity contribution < 1.29 is 9.15 Å². The number of H-pyrrole nitrogens is 1. The molecule has 3 fully saturated rings. The van der Waals surface area contributed by atoms with Crippen molar-refractivity contribution in [3.05, 3.63) is 29.8 Å². The molecule has 2 bridgehead atoms. The number of ether oxygens (including phenoxy) is 1. The molecule has 6 rings (SSSR count). The number of nitrogens with one attached hydrogen (secondary N) is 1. The summed E-state index contributed by atoms with van der Waals surface area (Å²) in [7, 11) is 1.67. The maximum Gasteiger partial charge on any atom is 0.221 e. The summed E-state index contributed by atoms with van der Waals surface area (Å²) >= 11 is 0. The van der Waals surface area contributed by atoms with Crippen LogP contribution in [0.1, 0.15) is 30.2 Å². The zero-order valence-corrected chi connectivity index (χ0v) is 13.3. The van der Waals surface area contributed by atoms with Gasteiger partial charge in [0.15, 0.2) is 5.58 Å². The molecular weight excluding hydrogens is 290 g/mol. The molecule has 0 saturated carbocycles. The molecule has 1 unspecified atom stereocenters. The van der Waals surface area contributed by atoms with Crippen LogP contribution in [-0.4, -0.2) is 41.6 Å². The van der Waals surface area contributed by atoms with E-state index < -0.39 is 0 Å². The first-order chi connectivity index (χ1) is 11.3. The van der Waals surface area contributed by atoms with Gasteiger partial charge in [0.1, 0.15) is 12.1 Å². The first-order valence-electron chi connectivity index (χ1n) is 8.44. The second-order valence-electron chi connectivity index (χ2n) is 6.86. The zero-order valence-electron chi connectivity index (χ0n) is 13.3. The van der Waals surface area contributed by atoms with Gasteiger partial charge in [0, 0.05) is 36.7 Å². The lowest BCUT2D eigenvalue weighted by Gasteiger charge is -2.44. The number of piperidine rings is 3. The Labute approximate surface area is 134 Å². The molecule has 1 atom stereocenters. The van der Waals surface area contributed by atoms with Crippen molar-refractivity contribution in [1.29, 1.82) is 0 Å². The van der Waals surface area contributed by atoms with Crippen LogP contribution in [0.15, 0.2) is 22.7 Å². The number of benzene rings is 1. The lowest BCUT2D eigenvalue weighted by Crippen LogP contribution is -2.46. The van der Waals surface area contributed by atoms with Crippen LogP contribution >= 0.6 is 0 Å². The van der Waals surface area contributed by atoms with E-state index in [0.29, 0.717) is 18.4 Å². The van der Waals surface area contributed by atoms with Crippen LogP contribution in [-0.2, 0) is 11.3 Å². The molecule has 1 N–H and O–H groups in total. The summed E-state index contributed by atoms with van der Waals surface area (Å²) < 4.78 is 11.0. The highest BCUT2D eigenvalue weighted by molar-refractivity contribution is 6.04. The van der Waals surface area contributed by atoms with E-state index in [1.54, 1.807) is 7.11 Å². The summed E-state index contributed by atoms with van der Waals surface area (Å²) in [6, 6.07) is 4.10. The molecule has 3 saturated heterocycles. The number of nitrogens with zero attached hydrogens (tertiary/aromatic N) is 2. The summed E-state index contributed by atoms with van der Waals surface area (Å²) in [4.78, 5) is 10.7. The molecule has 3 aromatic rings. The molecule has 23 heavy (non-hydrogen) atoms. The van der Waals surface area contributed by atoms with E-state index in [9.17, 15) is 0 Å². The maximum absolute atomic E-state index is 5.83. The van der Waals surface area contributed by atoms with E-state index in [4.69, 9.17) is 14.1 Å². The van der Waals surface area contributed by atoms with E-state index in [1.807, 2.05) is 6.07 Å². The first kappa shape index (κ1) is 13.6. The van der Waals surface area contributed by atoms with Crippen LogP contribution in [0.25, 0.3) is 22.0 Å². The van der Waals surface area contributed by atoms with Crippen molar-refractivity contribution in [3.8, 4) is 0 Å². The number of fused-ring (bicyclic) bond motifs is 6. The molecule has 0 radical (unpaired) electrons. The molecule has 1 aromatic carbocycles. The summed E-state index contributed by atoms with van der Waals surface area (Å²) in [6.45, 7) is 4.12. The van der Waals surface area contributed by atoms with Gasteiger partial charge in [0.25, 0.3) is 0 Å². The highest BCUT2D eigenvalue weighted by Gasteiger charge is 2.36. The summed E-state index contributed by atoms with van der Waals surface area (Å²) in [5, 5.41) is 1.24. The fourth-order valence-corrected chi connectivity index (χ4v) is 4.48. The second-order valence-corrected chi connectivity index (χ2v) is 6.86. The van der Waals surface area contributed by atoms with Gasteiger partial charge in [-0.1, -0.05) is 0 Å². The number of aromatic nitrogens is 2. The number of hydrogen-bond acceptors (Lipinski definition) is 4. The van der Waals surface area contributed by atoms with Crippen LogP contribution in [0.2, 0.25) is 0 Å². The number of hydrogen-bond donors (Lipinski definition) is 1. The molecular formula is C18H21N3O2. The Morgan fingerprint density at radius 1 is 1.35 bits per heavy atom. The Kier molecular flexibility index (Phi) is 3.00. The van der Waals surface area contributed by atoms with E-state index in [-0.39, 0.29) is 0 Å². The van der Waals surface area contributed by atoms with E-state index in [0.717, 1.165) is 22.5 Å². The summed E-state index contributed by atoms with van der Waals surface area (Å²) in [5.74, 6) is 2.06. The van der Waals surface area contributed by atoms with Gasteiger partial charge in [-0.05, 0) is 49.5 Å². The van der Waals surface area contributed by atoms with Gasteiger partial charge in [-0.25, -0.2) is 4.98 Å². The monoisotopic (exact) mass is 311 g/mol. The quantitative estimate of drug-likeness (QED) is 0.806. The first-order valence-corrected chi connectivity index (χ1v) is 8.44. The summed E-state index contributed by atoms with van der Waals surface area (Å²) in [5.41, 5.74) is 4.40. The highest BCUT2D eigenvalue weighted by Crippen LogP contribution is 2.42. The van der Waals surface area contributed by atoms with Gasteiger partial charge in [-0.15, -0.1) is 0 Å². The predicted molar refractivity (Wildman–Crippen MR) is 88.5 cm³/mol. The Balaban J connectivity index is 1.67. The molecule has 3 aliphatic rings. The third-order valence-electron chi connectivity index (χ3n) is 5.60. The smallest absolute Gasteiger partial charge is 0.221 e. The largest absolute Gasteiger partial charge is 0.438 e. The molecule has 120 valence electrons. The van der Waals surface area contributed by atoms with Crippen molar-refractivity contribution >= 4 is 22.0 Å². The van der Waals surface area contributed by atoms with Gasteiger partial charge >= 0.3 is 0 Å². The fraction of sp³-hybridized carbons (Fsp3) is 0.500. The molecule has 3 aliphatic heterocycles. The Hall–Kier alpha value is -1.85. The number of rotatable bonds is 3. The molecule has 5 nitrogen and oxygen atoms in total. The van der Waals surface area contributed by atoms with Gasteiger partial charge in [-0.2, -0.15) is 0 Å². The average Bonchev–Trinajstić information content (AvgIpc) is 3.19. The topological polar surface area (TPSA) is 54.3 Å². The summed E-state index contributed by atoms with van der Waals surface area (Å²) in [6.07, 6.45) is 4.84. The standard InChI is InChI=1S/C18H21N3O2/c1-22-10-16-20-18-15(23-16)3-2-14-17(18)12(8-19-14)13-9-21-6-4-11(13)5-7-21/h2-3,8,11,13,19H,4-7,9-10H2,1H3. The Bertz CT molecular complexity index is 858. The molecule has 5 heteroatoms. The van der Waals surface area contributed by atoms with Gasteiger partial charge in [0.05, 0.1) is 0 Å². The SMILES string of the molecule is COCc1nc2c(ccc3[nH]cc(C4CN5CCC4CC5)c32)o1. The Morgan fingerprint density at radius 2 is 2.22 bits per heavy atom. The minimum atomic E-state index is 0.412. The lowest BCUT2D eigenvalue weighted by molar-refractivity contribution is 0.0877. The molecule has 5 heterocycles. The Morgan fingerprint density at radius 3 is 2.96 bits per heavy atom. The van der Waals surface area contributed by atoms with Crippen LogP contribution in [0.3, 0.4) is 0 Å². The van der Waals surface area contributed by atoms with E-state index in [2.05, 4.69) is 22.1 Å². The average molecular weight is 311 g/mol. The fourth-order valence-electron chi connectivity index (χ4n) is 4.48. The van der Waals surface area contributed by atoms with Crippen molar-refractivity contribution in [1.82, 2.24) is 14.9 Å². The van der Waals surface area contributed by atoms with Crippen molar-refractivity contribution in [2.75, 3.05) is 26.7 Å². The maximum atomic E-state index is 5.83. The third kappa shape index (κ3) is 2.03. The molecule has 0 amide bonds. The van der Waals surface area contributed by atoms with Crippen molar-refractivity contribution in [2.24, 2.45) is 5.92 Å². The van der Waals surface area contributed by atoms with Gasteiger partial charge in [0.2, 0.25) is 5.89 Å². The van der Waals surface area contributed by atoms with Crippen LogP contribution in [0.5, 0.6) is 0 Å². The van der Waals surface area contributed by atoms with Crippen LogP contribution < -0.4 is 0 Å². The van der Waals surface area contributed by atoms with Gasteiger partial charge in [-0.3, -0.25) is 0 Å². The lowest BCUT2D eigenvalue weighted by atomic mass is 9.75. The van der Waals surface area contributed by atoms with E-state index in [1.165, 1.54) is 43.4 Å². The highest BCUT2D eigenvalue weighted by atomic mass is 16.5. The number of oxazole rings is 1. The predicted octanol–water partition coefficient (Wildman–Crippen LogP) is 3.26. The molecule has 0 aliphatic carbocycles. The number of aromatic amines is 1. The third-order valence-corrected chi connectivity index (χ3v) is 5.60. The van der Waals surface area contributed by atoms with Crippen LogP contribution in [0.4, 0.5) is 0 Å².